The molecule has 2 atom stereocenters. The number of amides is 1. The minimum Gasteiger partial charge on any atom is -0.355 e. The van der Waals surface area contributed by atoms with Gasteiger partial charge in [-0.2, -0.15) is 0 Å². The monoisotopic (exact) mass is 171 g/mol. The van der Waals surface area contributed by atoms with E-state index in [0.29, 0.717) is 19.0 Å². The first-order valence-corrected chi connectivity index (χ1v) is 4.44. The summed E-state index contributed by atoms with van der Waals surface area (Å²) in [6.07, 6.45) is 0. The topological polar surface area (TPSA) is 67.2 Å². The summed E-state index contributed by atoms with van der Waals surface area (Å²) in [6.45, 7) is 4.94. The van der Waals surface area contributed by atoms with Gasteiger partial charge in [-0.15, -0.1) is 0 Å². The van der Waals surface area contributed by atoms with Crippen molar-refractivity contribution in [3.8, 4) is 0 Å². The van der Waals surface area contributed by atoms with Crippen LogP contribution in [0.2, 0.25) is 0 Å². The second-order valence-corrected chi connectivity index (χ2v) is 3.32. The third-order valence-corrected chi connectivity index (χ3v) is 2.30. The van der Waals surface area contributed by atoms with E-state index in [4.69, 9.17) is 5.73 Å². The van der Waals surface area contributed by atoms with Crippen molar-refractivity contribution < 1.29 is 4.79 Å². The van der Waals surface area contributed by atoms with Crippen molar-refractivity contribution in [2.45, 2.75) is 6.92 Å². The minimum atomic E-state index is 0.136. The molecular weight excluding hydrogens is 154 g/mol. The number of nitrogens with two attached hydrogens (primary N) is 1. The smallest absolute Gasteiger partial charge is 0.224 e. The molecule has 0 unspecified atom stereocenters. The van der Waals surface area contributed by atoms with E-state index in [2.05, 4.69) is 17.6 Å². The van der Waals surface area contributed by atoms with Gasteiger partial charge in [0.1, 0.15) is 0 Å². The first-order chi connectivity index (χ1) is 5.75. The first-order valence-electron chi connectivity index (χ1n) is 4.44. The molecule has 0 aromatic heterocycles. The third-order valence-electron chi connectivity index (χ3n) is 2.30. The van der Waals surface area contributed by atoms with Crippen LogP contribution in [-0.2, 0) is 4.79 Å². The molecule has 1 fully saturated rings. The highest BCUT2D eigenvalue weighted by Crippen LogP contribution is 2.15. The zero-order valence-corrected chi connectivity index (χ0v) is 7.47. The van der Waals surface area contributed by atoms with Crippen molar-refractivity contribution in [3.63, 3.8) is 0 Å². The van der Waals surface area contributed by atoms with Crippen LogP contribution in [0.25, 0.3) is 0 Å². The van der Waals surface area contributed by atoms with Crippen LogP contribution in [-0.4, -0.2) is 32.1 Å². The molecule has 4 N–H and O–H groups in total. The maximum absolute atomic E-state index is 11.4. The molecule has 12 heavy (non-hydrogen) atoms. The Bertz CT molecular complexity index is 160. The predicted octanol–water partition coefficient (Wildman–Crippen LogP) is -1.08. The summed E-state index contributed by atoms with van der Waals surface area (Å²) in [4.78, 5) is 11.4. The Labute approximate surface area is 72.9 Å². The molecule has 1 rings (SSSR count). The van der Waals surface area contributed by atoms with Gasteiger partial charge in [-0.25, -0.2) is 0 Å². The molecule has 1 aliphatic rings. The fourth-order valence-electron chi connectivity index (χ4n) is 1.49. The summed E-state index contributed by atoms with van der Waals surface area (Å²) in [6, 6.07) is 0. The highest BCUT2D eigenvalue weighted by molar-refractivity contribution is 5.79. The molecule has 1 amide bonds. The fourth-order valence-corrected chi connectivity index (χ4v) is 1.49. The lowest BCUT2D eigenvalue weighted by Gasteiger charge is -2.13. The normalized spacial score (nSPS) is 28.8. The number of carbonyl (C=O) groups excluding carboxylic acids is 1. The lowest BCUT2D eigenvalue weighted by atomic mass is 9.97. The van der Waals surface area contributed by atoms with Crippen molar-refractivity contribution in [1.82, 2.24) is 10.6 Å². The van der Waals surface area contributed by atoms with Crippen LogP contribution in [0.4, 0.5) is 0 Å². The van der Waals surface area contributed by atoms with Gasteiger partial charge >= 0.3 is 0 Å². The molecule has 0 saturated carbocycles. The van der Waals surface area contributed by atoms with Gasteiger partial charge < -0.3 is 16.4 Å². The van der Waals surface area contributed by atoms with E-state index in [1.54, 1.807) is 0 Å². The molecule has 0 aliphatic carbocycles. The van der Waals surface area contributed by atoms with Gasteiger partial charge in [0.25, 0.3) is 0 Å². The van der Waals surface area contributed by atoms with E-state index in [0.717, 1.165) is 13.1 Å². The quantitative estimate of drug-likeness (QED) is 0.506. The first kappa shape index (κ1) is 9.48. The lowest BCUT2D eigenvalue weighted by molar-refractivity contribution is -0.125. The molecule has 0 aromatic carbocycles. The molecule has 0 radical (unpaired) electrons. The molecule has 0 spiro atoms. The average molecular weight is 171 g/mol. The summed E-state index contributed by atoms with van der Waals surface area (Å²) in [5, 5.41) is 5.99. The van der Waals surface area contributed by atoms with E-state index in [-0.39, 0.29) is 11.8 Å². The van der Waals surface area contributed by atoms with Crippen molar-refractivity contribution in [3.05, 3.63) is 0 Å². The molecular formula is C8H17N3O. The Morgan fingerprint density at radius 2 is 2.42 bits per heavy atom. The van der Waals surface area contributed by atoms with E-state index < -0.39 is 0 Å². The number of nitrogens with one attached hydrogen (secondary N) is 2. The molecule has 1 heterocycles. The van der Waals surface area contributed by atoms with E-state index in [9.17, 15) is 4.79 Å². The summed E-state index contributed by atoms with van der Waals surface area (Å²) in [5.74, 6) is 0.720. The zero-order valence-electron chi connectivity index (χ0n) is 7.47. The highest BCUT2D eigenvalue weighted by atomic mass is 16.1. The molecule has 70 valence electrons. The molecule has 4 heteroatoms. The Balaban J connectivity index is 2.30. The summed E-state index contributed by atoms with van der Waals surface area (Å²) >= 11 is 0. The van der Waals surface area contributed by atoms with Crippen LogP contribution < -0.4 is 16.4 Å². The van der Waals surface area contributed by atoms with Gasteiger partial charge in [-0.3, -0.25) is 4.79 Å². The molecule has 1 aliphatic heterocycles. The van der Waals surface area contributed by atoms with Crippen LogP contribution >= 0.6 is 0 Å². The number of hydrogen-bond acceptors (Lipinski definition) is 3. The van der Waals surface area contributed by atoms with Crippen LogP contribution in [0, 0.1) is 11.8 Å². The molecule has 0 bridgehead atoms. The van der Waals surface area contributed by atoms with Gasteiger partial charge in [0.2, 0.25) is 5.91 Å². The predicted molar refractivity (Wildman–Crippen MR) is 47.6 cm³/mol. The Morgan fingerprint density at radius 3 is 2.92 bits per heavy atom. The SMILES string of the molecule is C[C@@H]1CNC[C@H]1C(=O)NCCN. The molecule has 0 aromatic rings. The maximum atomic E-state index is 11.4. The van der Waals surface area contributed by atoms with Crippen molar-refractivity contribution in [2.24, 2.45) is 17.6 Å². The van der Waals surface area contributed by atoms with Crippen molar-refractivity contribution in [1.29, 1.82) is 0 Å². The Morgan fingerprint density at radius 1 is 1.67 bits per heavy atom. The van der Waals surface area contributed by atoms with Crippen LogP contribution in [0.15, 0.2) is 0 Å². The van der Waals surface area contributed by atoms with E-state index in [1.165, 1.54) is 0 Å². The highest BCUT2D eigenvalue weighted by Gasteiger charge is 2.28. The van der Waals surface area contributed by atoms with E-state index >= 15 is 0 Å². The van der Waals surface area contributed by atoms with E-state index in [1.807, 2.05) is 0 Å². The van der Waals surface area contributed by atoms with Gasteiger partial charge in [-0.05, 0) is 12.5 Å². The number of hydrogen-bond donors (Lipinski definition) is 3. The Hall–Kier alpha value is -0.610. The lowest BCUT2D eigenvalue weighted by Crippen LogP contribution is -2.37. The maximum Gasteiger partial charge on any atom is 0.224 e. The van der Waals surface area contributed by atoms with Crippen LogP contribution in [0.3, 0.4) is 0 Å². The second kappa shape index (κ2) is 4.42. The van der Waals surface area contributed by atoms with Gasteiger partial charge in [0.05, 0.1) is 5.92 Å². The zero-order chi connectivity index (χ0) is 8.97. The summed E-state index contributed by atoms with van der Waals surface area (Å²) < 4.78 is 0. The van der Waals surface area contributed by atoms with Crippen molar-refractivity contribution >= 4 is 5.91 Å². The minimum absolute atomic E-state index is 0.136. The third kappa shape index (κ3) is 2.19. The second-order valence-electron chi connectivity index (χ2n) is 3.32. The van der Waals surface area contributed by atoms with Gasteiger partial charge in [0.15, 0.2) is 0 Å². The number of carbonyl (C=O) groups is 1. The molecule has 4 nitrogen and oxygen atoms in total. The van der Waals surface area contributed by atoms with Gasteiger partial charge in [-0.1, -0.05) is 6.92 Å². The summed E-state index contributed by atoms with van der Waals surface area (Å²) in [5.41, 5.74) is 5.28. The largest absolute Gasteiger partial charge is 0.355 e. The van der Waals surface area contributed by atoms with Gasteiger partial charge in [0, 0.05) is 19.6 Å². The van der Waals surface area contributed by atoms with Crippen LogP contribution in [0.1, 0.15) is 6.92 Å². The molecule has 1 saturated heterocycles. The summed E-state index contributed by atoms with van der Waals surface area (Å²) in [7, 11) is 0. The van der Waals surface area contributed by atoms with Crippen molar-refractivity contribution in [2.75, 3.05) is 26.2 Å². The number of rotatable bonds is 3. The standard InChI is InChI=1S/C8H17N3O/c1-6-4-10-5-7(6)8(12)11-3-2-9/h6-7,10H,2-5,9H2,1H3,(H,11,12)/t6-,7-/m1/s1. The average Bonchev–Trinajstić information content (AvgIpc) is 2.47. The Kier molecular flexibility index (Phi) is 3.49. The van der Waals surface area contributed by atoms with Crippen LogP contribution in [0.5, 0.6) is 0 Å². The fraction of sp³-hybridized carbons (Fsp3) is 0.875.